The summed E-state index contributed by atoms with van der Waals surface area (Å²) in [5.41, 5.74) is 0. The molecule has 0 saturated heterocycles. The number of rotatable bonds is 44. The largest absolute Gasteiger partial charge is 0.472 e. The Bertz CT molecular complexity index is 1320. The zero-order chi connectivity index (χ0) is 48.4. The molecule has 12 nitrogen and oxygen atoms in total. The summed E-state index contributed by atoms with van der Waals surface area (Å²) in [5.74, 6) is -0.487. The third kappa shape index (κ3) is 34.3. The molecule has 0 spiro atoms. The second-order valence-electron chi connectivity index (χ2n) is 18.0. The van der Waals surface area contributed by atoms with Gasteiger partial charge >= 0.3 is 13.8 Å². The summed E-state index contributed by atoms with van der Waals surface area (Å²) in [4.78, 5) is 23.3. The van der Waals surface area contributed by atoms with Crippen molar-refractivity contribution in [3.63, 3.8) is 0 Å². The molecule has 0 amide bonds. The molecular formula is C53H95O12P. The fraction of sp³-hybridized carbons (Fsp3) is 0.792. The van der Waals surface area contributed by atoms with Crippen LogP contribution < -0.4 is 0 Å². The lowest BCUT2D eigenvalue weighted by Gasteiger charge is -2.41. The Kier molecular flexibility index (Phi) is 40.5. The first-order chi connectivity index (χ1) is 32.0. The second-order valence-corrected chi connectivity index (χ2v) is 19.4. The molecular weight excluding hydrogens is 860 g/mol. The minimum Gasteiger partial charge on any atom is -0.457 e. The Balaban J connectivity index is 2.34. The van der Waals surface area contributed by atoms with Gasteiger partial charge in [0.15, 0.2) is 0 Å². The predicted octanol–water partition coefficient (Wildman–Crippen LogP) is 11.8. The number of phosphoric acid groups is 1. The number of hydrogen-bond donors (Lipinski definition) is 6. The number of aliphatic hydroxyl groups is 5. The summed E-state index contributed by atoms with van der Waals surface area (Å²) in [5, 5.41) is 50.3. The van der Waals surface area contributed by atoms with Crippen molar-refractivity contribution in [2.24, 2.45) is 0 Å². The average molecular weight is 955 g/mol. The smallest absolute Gasteiger partial charge is 0.457 e. The molecule has 0 aromatic heterocycles. The third-order valence-corrected chi connectivity index (χ3v) is 12.9. The van der Waals surface area contributed by atoms with E-state index in [9.17, 15) is 39.8 Å². The van der Waals surface area contributed by atoms with Crippen LogP contribution in [0.1, 0.15) is 206 Å². The summed E-state index contributed by atoms with van der Waals surface area (Å²) in [6, 6.07) is 0. The van der Waals surface area contributed by atoms with Gasteiger partial charge in [-0.3, -0.25) is 13.8 Å². The van der Waals surface area contributed by atoms with Crippen LogP contribution in [0, 0.1) is 0 Å². The van der Waals surface area contributed by atoms with E-state index in [4.69, 9.17) is 18.5 Å². The van der Waals surface area contributed by atoms with Crippen LogP contribution in [0.5, 0.6) is 0 Å². The highest BCUT2D eigenvalue weighted by atomic mass is 31.2. The van der Waals surface area contributed by atoms with Crippen molar-refractivity contribution in [2.45, 2.75) is 249 Å². The first-order valence-electron chi connectivity index (χ1n) is 26.1. The van der Waals surface area contributed by atoms with Gasteiger partial charge in [-0.25, -0.2) is 4.57 Å². The summed E-state index contributed by atoms with van der Waals surface area (Å²) < 4.78 is 34.3. The molecule has 6 N–H and O–H groups in total. The maximum atomic E-state index is 12.9. The van der Waals surface area contributed by atoms with Gasteiger partial charge in [0.1, 0.15) is 42.7 Å². The van der Waals surface area contributed by atoms with Crippen LogP contribution in [0.3, 0.4) is 0 Å². The van der Waals surface area contributed by atoms with Gasteiger partial charge in [0.25, 0.3) is 0 Å². The van der Waals surface area contributed by atoms with Crippen LogP contribution in [0.25, 0.3) is 0 Å². The van der Waals surface area contributed by atoms with Gasteiger partial charge in [-0.2, -0.15) is 0 Å². The average Bonchev–Trinajstić information content (AvgIpc) is 3.30. The highest BCUT2D eigenvalue weighted by Gasteiger charge is 2.51. The number of ether oxygens (including phenoxy) is 2. The van der Waals surface area contributed by atoms with E-state index in [0.29, 0.717) is 13.0 Å². The van der Waals surface area contributed by atoms with E-state index in [1.165, 1.54) is 83.5 Å². The predicted molar refractivity (Wildman–Crippen MR) is 267 cm³/mol. The lowest BCUT2D eigenvalue weighted by molar-refractivity contribution is -0.220. The number of carbonyl (C=O) groups excluding carboxylic acids is 1. The van der Waals surface area contributed by atoms with Crippen molar-refractivity contribution in [3.8, 4) is 0 Å². The van der Waals surface area contributed by atoms with Crippen molar-refractivity contribution < 1.29 is 58.3 Å². The third-order valence-electron chi connectivity index (χ3n) is 11.9. The van der Waals surface area contributed by atoms with Gasteiger partial charge in [0.2, 0.25) is 0 Å². The maximum absolute atomic E-state index is 12.9. The number of carbonyl (C=O) groups is 1. The van der Waals surface area contributed by atoms with Gasteiger partial charge in [0.05, 0.1) is 13.2 Å². The molecule has 6 unspecified atom stereocenters. The van der Waals surface area contributed by atoms with Crippen LogP contribution in [-0.4, -0.2) is 98.9 Å². The first-order valence-corrected chi connectivity index (χ1v) is 27.6. The van der Waals surface area contributed by atoms with E-state index in [1.54, 1.807) is 0 Å². The fourth-order valence-electron chi connectivity index (χ4n) is 7.80. The zero-order valence-corrected chi connectivity index (χ0v) is 42.1. The molecule has 6 atom stereocenters. The molecule has 0 aromatic rings. The lowest BCUT2D eigenvalue weighted by atomic mass is 9.85. The number of aliphatic hydroxyl groups excluding tert-OH is 5. The van der Waals surface area contributed by atoms with Crippen molar-refractivity contribution in [3.05, 3.63) is 60.8 Å². The molecule has 0 radical (unpaired) electrons. The highest BCUT2D eigenvalue weighted by Crippen LogP contribution is 2.47. The summed E-state index contributed by atoms with van der Waals surface area (Å²) in [6.07, 6.45) is 42.8. The normalized spacial score (nSPS) is 21.9. The molecule has 384 valence electrons. The Hall–Kier alpha value is -1.96. The van der Waals surface area contributed by atoms with E-state index in [0.717, 1.165) is 96.3 Å². The molecule has 0 aromatic carbocycles. The topological polar surface area (TPSA) is 192 Å². The molecule has 1 aliphatic rings. The van der Waals surface area contributed by atoms with Crippen LogP contribution in [0.15, 0.2) is 60.8 Å². The van der Waals surface area contributed by atoms with Gasteiger partial charge < -0.3 is 39.9 Å². The van der Waals surface area contributed by atoms with Crippen LogP contribution in [0.4, 0.5) is 0 Å². The minimum atomic E-state index is -5.03. The molecule has 1 saturated carbocycles. The molecule has 66 heavy (non-hydrogen) atoms. The standard InChI is InChI=1S/C53H95O12P/c1-3-5-7-9-11-13-15-17-19-21-22-23-24-25-26-27-28-30-32-34-36-38-40-42-47(54)64-46(45-63-66(60,61)65-53-51(58)49(56)48(55)50(57)52(53)59)44-62-43-41-39-37-35-33-31-29-20-18-16-14-12-10-8-6-4-2/h5,7,11,13,17,19,22-23,25-26,46,48-53,55-59H,3-4,6,8-10,12,14-16,18,20-21,24,27-45H2,1-2H3,(H,60,61)/b7-5-,13-11-,19-17-,23-22-,26-25-. The van der Waals surface area contributed by atoms with Gasteiger partial charge in [-0.1, -0.05) is 203 Å². The fourth-order valence-corrected chi connectivity index (χ4v) is 8.77. The Morgan fingerprint density at radius 3 is 1.36 bits per heavy atom. The van der Waals surface area contributed by atoms with Crippen molar-refractivity contribution in [1.29, 1.82) is 0 Å². The van der Waals surface area contributed by atoms with E-state index in [2.05, 4.69) is 74.6 Å². The molecule has 1 rings (SSSR count). The molecule has 1 aliphatic carbocycles. The van der Waals surface area contributed by atoms with Crippen molar-refractivity contribution in [1.82, 2.24) is 0 Å². The number of allylic oxidation sites excluding steroid dienone is 10. The molecule has 0 bridgehead atoms. The molecule has 1 fully saturated rings. The SMILES string of the molecule is CC/C=C\C/C=C\C/C=C\C/C=C\C/C=C\CCCCCCCCCC(=O)OC(COCCCCCCCCCCCCCCCCCC)COP(=O)(O)OC1C(O)C(O)C(O)C(O)C1O. The number of phosphoric ester groups is 1. The Morgan fingerprint density at radius 1 is 0.500 bits per heavy atom. The Morgan fingerprint density at radius 2 is 0.894 bits per heavy atom. The van der Waals surface area contributed by atoms with E-state index in [-0.39, 0.29) is 13.0 Å². The lowest BCUT2D eigenvalue weighted by Crippen LogP contribution is -2.64. The molecule has 0 heterocycles. The van der Waals surface area contributed by atoms with E-state index < -0.39 is 63.1 Å². The van der Waals surface area contributed by atoms with Crippen LogP contribution >= 0.6 is 7.82 Å². The number of esters is 1. The highest BCUT2D eigenvalue weighted by molar-refractivity contribution is 7.47. The molecule has 0 aliphatic heterocycles. The van der Waals surface area contributed by atoms with Crippen molar-refractivity contribution in [2.75, 3.05) is 19.8 Å². The minimum absolute atomic E-state index is 0.0810. The van der Waals surface area contributed by atoms with Crippen molar-refractivity contribution >= 4 is 13.8 Å². The molecule has 13 heteroatoms. The van der Waals surface area contributed by atoms with Gasteiger partial charge in [-0.15, -0.1) is 0 Å². The first kappa shape index (κ1) is 62.1. The van der Waals surface area contributed by atoms with E-state index in [1.807, 2.05) is 0 Å². The zero-order valence-electron chi connectivity index (χ0n) is 41.2. The summed E-state index contributed by atoms with van der Waals surface area (Å²) >= 11 is 0. The number of unbranched alkanes of at least 4 members (excludes halogenated alkanes) is 22. The summed E-state index contributed by atoms with van der Waals surface area (Å²) in [7, 11) is -5.03. The Labute approximate surface area is 400 Å². The maximum Gasteiger partial charge on any atom is 0.472 e. The number of hydrogen-bond acceptors (Lipinski definition) is 11. The van der Waals surface area contributed by atoms with Gasteiger partial charge in [-0.05, 0) is 57.8 Å². The quantitative estimate of drug-likeness (QED) is 0.0147. The summed E-state index contributed by atoms with van der Waals surface area (Å²) in [6.45, 7) is 4.16. The van der Waals surface area contributed by atoms with Gasteiger partial charge in [0, 0.05) is 13.0 Å². The van der Waals surface area contributed by atoms with Crippen LogP contribution in [-0.2, 0) is 27.9 Å². The monoisotopic (exact) mass is 955 g/mol. The second kappa shape index (κ2) is 43.1. The van der Waals surface area contributed by atoms with E-state index >= 15 is 0 Å². The van der Waals surface area contributed by atoms with Crippen LogP contribution in [0.2, 0.25) is 0 Å².